The van der Waals surface area contributed by atoms with Crippen molar-refractivity contribution in [2.45, 2.75) is 37.1 Å². The zero-order chi connectivity index (χ0) is 28.5. The Morgan fingerprint density at radius 1 is 0.667 bits per heavy atom. The van der Waals surface area contributed by atoms with E-state index in [0.717, 1.165) is 16.7 Å². The third-order valence-electron chi connectivity index (χ3n) is 6.03. The molecule has 0 aliphatic rings. The minimum absolute atomic E-state index is 0.0753. The molecular formula is C28H29ClN4O6. The van der Waals surface area contributed by atoms with Crippen LogP contribution in [0.5, 0.6) is 0 Å². The molecule has 4 atom stereocenters. The molecule has 0 saturated heterocycles. The van der Waals surface area contributed by atoms with Crippen LogP contribution in [0.3, 0.4) is 0 Å². The van der Waals surface area contributed by atoms with E-state index < -0.39 is 47.9 Å². The Hall–Kier alpha value is -4.25. The van der Waals surface area contributed by atoms with E-state index in [1.807, 2.05) is 54.6 Å². The molecule has 0 unspecified atom stereocenters. The van der Waals surface area contributed by atoms with Crippen LogP contribution in [-0.4, -0.2) is 58.1 Å². The Morgan fingerprint density at radius 2 is 1.23 bits per heavy atom. The third-order valence-corrected chi connectivity index (χ3v) is 6.40. The van der Waals surface area contributed by atoms with Gasteiger partial charge in [-0.15, -0.1) is 0 Å². The maximum atomic E-state index is 13.3. The number of primary amides is 2. The van der Waals surface area contributed by atoms with Gasteiger partial charge in [0.25, 0.3) is 5.91 Å². The molecule has 0 bridgehead atoms. The first-order valence-electron chi connectivity index (χ1n) is 12.0. The smallest absolute Gasteiger partial charge is 0.252 e. The molecule has 3 aromatic rings. The fourth-order valence-electron chi connectivity index (χ4n) is 3.84. The molecule has 4 amide bonds. The highest BCUT2D eigenvalue weighted by molar-refractivity contribution is 6.31. The van der Waals surface area contributed by atoms with E-state index in [1.54, 1.807) is 24.3 Å². The molecule has 0 aliphatic carbocycles. The number of hydrogen-bond acceptors (Lipinski definition) is 6. The molecule has 0 radical (unpaired) electrons. The Labute approximate surface area is 230 Å². The summed E-state index contributed by atoms with van der Waals surface area (Å²) < 4.78 is 0. The van der Waals surface area contributed by atoms with Crippen molar-refractivity contribution < 1.29 is 29.4 Å². The first-order valence-corrected chi connectivity index (χ1v) is 12.4. The van der Waals surface area contributed by atoms with E-state index in [1.165, 1.54) is 0 Å². The van der Waals surface area contributed by atoms with Crippen molar-refractivity contribution in [2.24, 2.45) is 11.5 Å². The molecular weight excluding hydrogens is 524 g/mol. The van der Waals surface area contributed by atoms with Gasteiger partial charge in [-0.25, -0.2) is 0 Å². The van der Waals surface area contributed by atoms with Gasteiger partial charge in [0.15, 0.2) is 12.2 Å². The molecule has 8 N–H and O–H groups in total. The summed E-state index contributed by atoms with van der Waals surface area (Å²) in [4.78, 5) is 49.2. The van der Waals surface area contributed by atoms with Crippen LogP contribution in [-0.2, 0) is 32.0 Å². The standard InChI is InChI=1S/C28H29ClN4O6/c29-20-9-5-4-8-19(20)15-22(33-28(39)24(35)23(34)26(31)37)27(38)32-21(25(30)36)14-16-10-12-18(13-11-16)17-6-2-1-3-7-17/h1-13,21-24,34-35H,14-15H2,(H2,30,36)(H2,31,37)(H,32,38)(H,33,39)/t21-,22+,23+,24+/m0/s1. The number of nitrogens with one attached hydrogen (secondary N) is 2. The van der Waals surface area contributed by atoms with Crippen LogP contribution in [0.25, 0.3) is 11.1 Å². The fraction of sp³-hybridized carbons (Fsp3) is 0.214. The lowest BCUT2D eigenvalue weighted by Crippen LogP contribution is -2.57. The molecule has 0 aromatic heterocycles. The molecule has 0 fully saturated rings. The molecule has 3 rings (SSSR count). The number of carbonyl (C=O) groups excluding carboxylic acids is 4. The van der Waals surface area contributed by atoms with Gasteiger partial charge >= 0.3 is 0 Å². The van der Waals surface area contributed by atoms with Crippen LogP contribution in [0.2, 0.25) is 5.02 Å². The largest absolute Gasteiger partial charge is 0.380 e. The summed E-state index contributed by atoms with van der Waals surface area (Å²) in [6.07, 6.45) is -4.47. The first kappa shape index (κ1) is 29.3. The van der Waals surface area contributed by atoms with E-state index >= 15 is 0 Å². The second-order valence-electron chi connectivity index (χ2n) is 8.88. The molecule has 204 valence electrons. The highest BCUT2D eigenvalue weighted by Crippen LogP contribution is 2.20. The van der Waals surface area contributed by atoms with Crippen LogP contribution in [0.4, 0.5) is 0 Å². The van der Waals surface area contributed by atoms with E-state index in [9.17, 15) is 29.4 Å². The lowest BCUT2D eigenvalue weighted by atomic mass is 9.99. The minimum Gasteiger partial charge on any atom is -0.380 e. The van der Waals surface area contributed by atoms with E-state index in [4.69, 9.17) is 23.1 Å². The van der Waals surface area contributed by atoms with Crippen molar-refractivity contribution in [3.8, 4) is 11.1 Å². The van der Waals surface area contributed by atoms with Crippen molar-refractivity contribution in [1.82, 2.24) is 10.6 Å². The van der Waals surface area contributed by atoms with E-state index in [2.05, 4.69) is 10.6 Å². The van der Waals surface area contributed by atoms with E-state index in [0.29, 0.717) is 10.6 Å². The maximum Gasteiger partial charge on any atom is 0.252 e. The Kier molecular flexibility index (Phi) is 10.2. The molecule has 0 aliphatic heterocycles. The summed E-state index contributed by atoms with van der Waals surface area (Å²) in [6, 6.07) is 21.2. The second-order valence-corrected chi connectivity index (χ2v) is 9.29. The van der Waals surface area contributed by atoms with Gasteiger partial charge in [0.2, 0.25) is 17.7 Å². The number of amides is 4. The highest BCUT2D eigenvalue weighted by atomic mass is 35.5. The van der Waals surface area contributed by atoms with Gasteiger partial charge in [-0.3, -0.25) is 19.2 Å². The summed E-state index contributed by atoms with van der Waals surface area (Å²) in [5.74, 6) is -4.14. The minimum atomic E-state index is -2.22. The Balaban J connectivity index is 1.77. The van der Waals surface area contributed by atoms with Crippen molar-refractivity contribution in [2.75, 3.05) is 0 Å². The predicted molar refractivity (Wildman–Crippen MR) is 145 cm³/mol. The van der Waals surface area contributed by atoms with Crippen molar-refractivity contribution >= 4 is 35.2 Å². The molecule has 10 nitrogen and oxygen atoms in total. The zero-order valence-corrected chi connectivity index (χ0v) is 21.5. The zero-order valence-electron chi connectivity index (χ0n) is 20.8. The monoisotopic (exact) mass is 552 g/mol. The predicted octanol–water partition coefficient (Wildman–Crippen LogP) is 0.454. The molecule has 0 saturated carbocycles. The highest BCUT2D eigenvalue weighted by Gasteiger charge is 2.33. The normalized spacial score (nSPS) is 13.9. The number of hydrogen-bond donors (Lipinski definition) is 6. The van der Waals surface area contributed by atoms with Crippen LogP contribution >= 0.6 is 11.6 Å². The van der Waals surface area contributed by atoms with Crippen molar-refractivity contribution in [3.63, 3.8) is 0 Å². The molecule has 0 heterocycles. The van der Waals surface area contributed by atoms with Crippen LogP contribution in [0.1, 0.15) is 11.1 Å². The van der Waals surface area contributed by atoms with Crippen LogP contribution in [0, 0.1) is 0 Å². The van der Waals surface area contributed by atoms with Gasteiger partial charge in [-0.1, -0.05) is 84.4 Å². The number of carbonyl (C=O) groups is 4. The second kappa shape index (κ2) is 13.5. The lowest BCUT2D eigenvalue weighted by molar-refractivity contribution is -0.145. The average Bonchev–Trinajstić information content (AvgIpc) is 2.93. The van der Waals surface area contributed by atoms with Gasteiger partial charge in [0.1, 0.15) is 12.1 Å². The summed E-state index contributed by atoms with van der Waals surface area (Å²) in [5, 5.41) is 24.8. The van der Waals surface area contributed by atoms with Gasteiger partial charge in [0, 0.05) is 17.9 Å². The lowest BCUT2D eigenvalue weighted by Gasteiger charge is -2.24. The quantitative estimate of drug-likeness (QED) is 0.189. The molecule has 0 spiro atoms. The summed E-state index contributed by atoms with van der Waals surface area (Å²) in [7, 11) is 0. The summed E-state index contributed by atoms with van der Waals surface area (Å²) in [5.41, 5.74) is 13.7. The van der Waals surface area contributed by atoms with Gasteiger partial charge < -0.3 is 32.3 Å². The summed E-state index contributed by atoms with van der Waals surface area (Å²) >= 11 is 6.22. The first-order chi connectivity index (χ1) is 18.6. The third kappa shape index (κ3) is 8.11. The number of benzene rings is 3. The SMILES string of the molecule is NC(=O)[C@H](Cc1ccc(-c2ccccc2)cc1)NC(=O)[C@@H](Cc1ccccc1Cl)NC(=O)[C@H](O)[C@@H](O)C(N)=O. The average molecular weight is 553 g/mol. The van der Waals surface area contributed by atoms with Crippen molar-refractivity contribution in [1.29, 1.82) is 0 Å². The number of aliphatic hydroxyl groups is 2. The van der Waals surface area contributed by atoms with Gasteiger partial charge in [-0.2, -0.15) is 0 Å². The molecule has 3 aromatic carbocycles. The number of nitrogens with two attached hydrogens (primary N) is 2. The van der Waals surface area contributed by atoms with E-state index in [-0.39, 0.29) is 12.8 Å². The number of aliphatic hydroxyl groups excluding tert-OH is 2. The molecule has 39 heavy (non-hydrogen) atoms. The van der Waals surface area contributed by atoms with Crippen LogP contribution in [0.15, 0.2) is 78.9 Å². The number of halogens is 1. The topological polar surface area (TPSA) is 185 Å². The summed E-state index contributed by atoms with van der Waals surface area (Å²) in [6.45, 7) is 0. The Bertz CT molecular complexity index is 1320. The Morgan fingerprint density at radius 3 is 1.82 bits per heavy atom. The molecule has 11 heteroatoms. The van der Waals surface area contributed by atoms with Crippen molar-refractivity contribution in [3.05, 3.63) is 95.0 Å². The van der Waals surface area contributed by atoms with Gasteiger partial charge in [-0.05, 0) is 28.3 Å². The fourth-order valence-corrected chi connectivity index (χ4v) is 4.06. The van der Waals surface area contributed by atoms with Gasteiger partial charge in [0.05, 0.1) is 0 Å². The maximum absolute atomic E-state index is 13.3. The van der Waals surface area contributed by atoms with Crippen LogP contribution < -0.4 is 22.1 Å². The number of rotatable bonds is 12.